The average molecular weight is 226 g/mol. The molecule has 2 atom stereocenters. The van der Waals surface area contributed by atoms with Crippen LogP contribution in [-0.2, 0) is 4.74 Å². The zero-order valence-corrected chi connectivity index (χ0v) is 10.0. The van der Waals surface area contributed by atoms with Gasteiger partial charge in [0, 0.05) is 18.4 Å². The van der Waals surface area contributed by atoms with Gasteiger partial charge in [-0.3, -0.25) is 4.98 Å². The molecule has 0 fully saturated rings. The minimum atomic E-state index is -0.292. The van der Waals surface area contributed by atoms with Crippen LogP contribution in [-0.4, -0.2) is 24.2 Å². The first-order valence-electron chi connectivity index (χ1n) is 5.65. The number of hydrogen-bond donors (Lipinski definition) is 1. The maximum absolute atomic E-state index is 13.6. The van der Waals surface area contributed by atoms with Gasteiger partial charge in [-0.1, -0.05) is 6.92 Å². The highest BCUT2D eigenvalue weighted by atomic mass is 19.1. The van der Waals surface area contributed by atoms with E-state index in [-0.39, 0.29) is 18.0 Å². The fourth-order valence-corrected chi connectivity index (χ4v) is 1.75. The number of likely N-dealkylation sites (N-methyl/N-ethyl adjacent to an activating group) is 1. The third kappa shape index (κ3) is 3.25. The van der Waals surface area contributed by atoms with Crippen molar-refractivity contribution in [2.45, 2.75) is 32.9 Å². The number of halogens is 1. The standard InChI is InChI=1S/C12H19FN2O/c1-4-15-12(9(3)16-5-2)10-6-7-14-8-11(10)13/h6-9,12,15H,4-5H2,1-3H3. The second kappa shape index (κ2) is 6.55. The molecule has 0 aliphatic rings. The van der Waals surface area contributed by atoms with Crippen molar-refractivity contribution >= 4 is 0 Å². The molecule has 0 bridgehead atoms. The third-order valence-electron chi connectivity index (χ3n) is 2.46. The van der Waals surface area contributed by atoms with Crippen LogP contribution in [0.2, 0.25) is 0 Å². The Kier molecular flexibility index (Phi) is 5.35. The van der Waals surface area contributed by atoms with E-state index in [2.05, 4.69) is 10.3 Å². The number of aromatic nitrogens is 1. The largest absolute Gasteiger partial charge is 0.377 e. The van der Waals surface area contributed by atoms with E-state index in [4.69, 9.17) is 4.74 Å². The lowest BCUT2D eigenvalue weighted by atomic mass is 10.0. The van der Waals surface area contributed by atoms with E-state index in [9.17, 15) is 4.39 Å². The van der Waals surface area contributed by atoms with Gasteiger partial charge in [0.2, 0.25) is 0 Å². The van der Waals surface area contributed by atoms with E-state index in [1.165, 1.54) is 6.20 Å². The molecule has 4 heteroatoms. The first-order valence-corrected chi connectivity index (χ1v) is 5.65. The van der Waals surface area contributed by atoms with Gasteiger partial charge >= 0.3 is 0 Å². The van der Waals surface area contributed by atoms with Gasteiger partial charge in [0.05, 0.1) is 18.3 Å². The van der Waals surface area contributed by atoms with E-state index in [0.717, 1.165) is 6.54 Å². The summed E-state index contributed by atoms with van der Waals surface area (Å²) in [6.07, 6.45) is 2.77. The summed E-state index contributed by atoms with van der Waals surface area (Å²) < 4.78 is 19.1. The van der Waals surface area contributed by atoms with Crippen LogP contribution in [0.5, 0.6) is 0 Å². The van der Waals surface area contributed by atoms with E-state index in [1.807, 2.05) is 20.8 Å². The molecule has 0 saturated heterocycles. The van der Waals surface area contributed by atoms with Gasteiger partial charge in [-0.15, -0.1) is 0 Å². The molecule has 90 valence electrons. The van der Waals surface area contributed by atoms with Crippen LogP contribution >= 0.6 is 0 Å². The highest BCUT2D eigenvalue weighted by molar-refractivity contribution is 5.18. The van der Waals surface area contributed by atoms with Crippen molar-refractivity contribution in [2.24, 2.45) is 0 Å². The number of nitrogens with zero attached hydrogens (tertiary/aromatic N) is 1. The Balaban J connectivity index is 2.88. The predicted molar refractivity (Wildman–Crippen MR) is 61.7 cm³/mol. The Bertz CT molecular complexity index is 320. The molecular formula is C12H19FN2O. The van der Waals surface area contributed by atoms with Crippen molar-refractivity contribution in [1.82, 2.24) is 10.3 Å². The molecular weight excluding hydrogens is 207 g/mol. The summed E-state index contributed by atoms with van der Waals surface area (Å²) in [7, 11) is 0. The van der Waals surface area contributed by atoms with Gasteiger partial charge in [0.15, 0.2) is 0 Å². The lowest BCUT2D eigenvalue weighted by Gasteiger charge is -2.25. The minimum Gasteiger partial charge on any atom is -0.377 e. The molecule has 0 saturated carbocycles. The van der Waals surface area contributed by atoms with Crippen LogP contribution in [0.3, 0.4) is 0 Å². The van der Waals surface area contributed by atoms with Gasteiger partial charge in [-0.05, 0) is 26.5 Å². The first kappa shape index (κ1) is 13.1. The molecule has 1 aromatic rings. The topological polar surface area (TPSA) is 34.2 Å². The number of nitrogens with one attached hydrogen (secondary N) is 1. The zero-order valence-electron chi connectivity index (χ0n) is 10.0. The molecule has 0 aliphatic heterocycles. The van der Waals surface area contributed by atoms with E-state index < -0.39 is 0 Å². The van der Waals surface area contributed by atoms with Crippen molar-refractivity contribution in [2.75, 3.05) is 13.2 Å². The fourth-order valence-electron chi connectivity index (χ4n) is 1.75. The summed E-state index contributed by atoms with van der Waals surface area (Å²) >= 11 is 0. The molecule has 0 spiro atoms. The highest BCUT2D eigenvalue weighted by Gasteiger charge is 2.21. The zero-order chi connectivity index (χ0) is 12.0. The van der Waals surface area contributed by atoms with E-state index >= 15 is 0 Å². The fraction of sp³-hybridized carbons (Fsp3) is 0.583. The summed E-state index contributed by atoms with van der Waals surface area (Å²) in [6.45, 7) is 7.25. The van der Waals surface area contributed by atoms with Crippen LogP contribution in [0.1, 0.15) is 32.4 Å². The van der Waals surface area contributed by atoms with Gasteiger partial charge in [-0.2, -0.15) is 0 Å². The Morgan fingerprint density at radius 2 is 2.25 bits per heavy atom. The van der Waals surface area contributed by atoms with Crippen LogP contribution in [0.4, 0.5) is 4.39 Å². The highest BCUT2D eigenvalue weighted by Crippen LogP contribution is 2.21. The maximum Gasteiger partial charge on any atom is 0.146 e. The average Bonchev–Trinajstić information content (AvgIpc) is 2.27. The van der Waals surface area contributed by atoms with Crippen molar-refractivity contribution in [3.63, 3.8) is 0 Å². The Morgan fingerprint density at radius 1 is 1.50 bits per heavy atom. The van der Waals surface area contributed by atoms with E-state index in [0.29, 0.717) is 12.2 Å². The van der Waals surface area contributed by atoms with Gasteiger partial charge in [0.25, 0.3) is 0 Å². The molecule has 0 aliphatic carbocycles. The Labute approximate surface area is 96.0 Å². The quantitative estimate of drug-likeness (QED) is 0.808. The summed E-state index contributed by atoms with van der Waals surface area (Å²) in [5.41, 5.74) is 0.609. The number of hydrogen-bond acceptors (Lipinski definition) is 3. The van der Waals surface area contributed by atoms with Crippen LogP contribution in [0.25, 0.3) is 0 Å². The molecule has 0 amide bonds. The number of rotatable bonds is 6. The van der Waals surface area contributed by atoms with Crippen LogP contribution in [0.15, 0.2) is 18.5 Å². The van der Waals surface area contributed by atoms with E-state index in [1.54, 1.807) is 12.3 Å². The molecule has 16 heavy (non-hydrogen) atoms. The molecule has 2 unspecified atom stereocenters. The van der Waals surface area contributed by atoms with Gasteiger partial charge in [0.1, 0.15) is 5.82 Å². The lowest BCUT2D eigenvalue weighted by Crippen LogP contribution is -2.32. The maximum atomic E-state index is 13.6. The summed E-state index contributed by atoms with van der Waals surface area (Å²) in [4.78, 5) is 3.75. The Hall–Kier alpha value is -1.00. The SMILES string of the molecule is CCNC(c1ccncc1F)C(C)OCC. The van der Waals surface area contributed by atoms with Crippen molar-refractivity contribution in [3.8, 4) is 0 Å². The number of pyridine rings is 1. The van der Waals surface area contributed by atoms with Crippen molar-refractivity contribution in [3.05, 3.63) is 29.8 Å². The molecule has 3 nitrogen and oxygen atoms in total. The second-order valence-electron chi connectivity index (χ2n) is 3.59. The molecule has 1 rings (SSSR count). The minimum absolute atomic E-state index is 0.0677. The number of ether oxygens (including phenoxy) is 1. The monoisotopic (exact) mass is 226 g/mol. The van der Waals surface area contributed by atoms with Crippen LogP contribution in [0, 0.1) is 5.82 Å². The third-order valence-corrected chi connectivity index (χ3v) is 2.46. The van der Waals surface area contributed by atoms with Crippen LogP contribution < -0.4 is 5.32 Å². The van der Waals surface area contributed by atoms with Gasteiger partial charge < -0.3 is 10.1 Å². The smallest absolute Gasteiger partial charge is 0.146 e. The normalized spacial score (nSPS) is 14.8. The first-order chi connectivity index (χ1) is 7.70. The predicted octanol–water partition coefficient (Wildman–Crippen LogP) is 2.30. The summed E-state index contributed by atoms with van der Waals surface area (Å²) in [5.74, 6) is -0.292. The van der Waals surface area contributed by atoms with Gasteiger partial charge in [-0.25, -0.2) is 4.39 Å². The Morgan fingerprint density at radius 3 is 2.81 bits per heavy atom. The summed E-state index contributed by atoms with van der Waals surface area (Å²) in [6, 6.07) is 1.56. The molecule has 0 aromatic carbocycles. The van der Waals surface area contributed by atoms with Crippen molar-refractivity contribution < 1.29 is 9.13 Å². The molecule has 1 N–H and O–H groups in total. The second-order valence-corrected chi connectivity index (χ2v) is 3.59. The molecule has 1 aromatic heterocycles. The molecule has 1 heterocycles. The lowest BCUT2D eigenvalue weighted by molar-refractivity contribution is 0.0467. The van der Waals surface area contributed by atoms with Crippen molar-refractivity contribution in [1.29, 1.82) is 0 Å². The summed E-state index contributed by atoms with van der Waals surface area (Å²) in [5, 5.41) is 3.23. The molecule has 0 radical (unpaired) electrons.